The molecule has 0 fully saturated rings. The second-order valence-corrected chi connectivity index (χ2v) is 5.77. The van der Waals surface area contributed by atoms with Crippen LogP contribution in [0.5, 0.6) is 0 Å². The van der Waals surface area contributed by atoms with Crippen molar-refractivity contribution in [3.05, 3.63) is 71.5 Å². The fraction of sp³-hybridized carbons (Fsp3) is 0.167. The van der Waals surface area contributed by atoms with Crippen LogP contribution in [0.15, 0.2) is 54.9 Å². The van der Waals surface area contributed by atoms with Crippen LogP contribution in [-0.2, 0) is 12.7 Å². The Morgan fingerprint density at radius 1 is 1.15 bits per heavy atom. The Bertz CT molecular complexity index is 890. The molecule has 134 valence electrons. The Morgan fingerprint density at radius 3 is 2.50 bits per heavy atom. The van der Waals surface area contributed by atoms with Crippen molar-refractivity contribution in [3.8, 4) is 11.4 Å². The van der Waals surface area contributed by atoms with Crippen molar-refractivity contribution in [2.75, 3.05) is 7.05 Å². The minimum Gasteiger partial charge on any atom is -0.337 e. The van der Waals surface area contributed by atoms with E-state index in [1.807, 2.05) is 0 Å². The highest BCUT2D eigenvalue weighted by atomic mass is 19.4. The molecule has 0 aliphatic rings. The van der Waals surface area contributed by atoms with Crippen LogP contribution in [0.3, 0.4) is 0 Å². The molecule has 0 bridgehead atoms. The monoisotopic (exact) mass is 360 g/mol. The molecule has 5 nitrogen and oxygen atoms in total. The molecule has 26 heavy (non-hydrogen) atoms. The first-order valence-electron chi connectivity index (χ1n) is 7.72. The smallest absolute Gasteiger partial charge is 0.337 e. The van der Waals surface area contributed by atoms with Crippen molar-refractivity contribution in [2.45, 2.75) is 12.7 Å². The summed E-state index contributed by atoms with van der Waals surface area (Å²) in [5, 5.41) is 6.49. The molecule has 0 aliphatic carbocycles. The Labute approximate surface area is 147 Å². The summed E-state index contributed by atoms with van der Waals surface area (Å²) in [4.78, 5) is 17.9. The van der Waals surface area contributed by atoms with Gasteiger partial charge in [0.1, 0.15) is 6.33 Å². The molecule has 3 rings (SSSR count). The zero-order valence-electron chi connectivity index (χ0n) is 13.8. The standard InChI is InChI=1S/C18H15F3N4O/c1-25(10-12-3-2-4-15(9-12)18(19,20)21)17(26)14-7-5-13(6-8-14)16-22-11-23-24-16/h2-9,11H,10H2,1H3,(H,22,23,24). The first-order valence-corrected chi connectivity index (χ1v) is 7.72. The number of carbonyl (C=O) groups excluding carboxylic acids is 1. The summed E-state index contributed by atoms with van der Waals surface area (Å²) in [6.45, 7) is 0.0760. The maximum absolute atomic E-state index is 12.8. The van der Waals surface area contributed by atoms with Crippen molar-refractivity contribution in [2.24, 2.45) is 0 Å². The van der Waals surface area contributed by atoms with Gasteiger partial charge in [0.2, 0.25) is 0 Å². The van der Waals surface area contributed by atoms with E-state index in [0.717, 1.165) is 17.7 Å². The highest BCUT2D eigenvalue weighted by Gasteiger charge is 2.30. The van der Waals surface area contributed by atoms with Crippen LogP contribution >= 0.6 is 0 Å². The number of aromatic nitrogens is 3. The van der Waals surface area contributed by atoms with Gasteiger partial charge in [0.25, 0.3) is 5.91 Å². The number of nitrogens with zero attached hydrogens (tertiary/aromatic N) is 3. The Kier molecular flexibility index (Phi) is 4.75. The SMILES string of the molecule is CN(Cc1cccc(C(F)(F)F)c1)C(=O)c1ccc(-c2ncn[nH]2)cc1. The van der Waals surface area contributed by atoms with E-state index in [1.54, 1.807) is 37.4 Å². The Morgan fingerprint density at radius 2 is 1.88 bits per heavy atom. The molecule has 3 aromatic rings. The number of benzene rings is 2. The average Bonchev–Trinajstić information content (AvgIpc) is 3.15. The van der Waals surface area contributed by atoms with E-state index in [2.05, 4.69) is 15.2 Å². The van der Waals surface area contributed by atoms with Crippen molar-refractivity contribution in [1.82, 2.24) is 20.1 Å². The largest absolute Gasteiger partial charge is 0.416 e. The van der Waals surface area contributed by atoms with Gasteiger partial charge in [0.05, 0.1) is 5.56 Å². The summed E-state index contributed by atoms with van der Waals surface area (Å²) in [7, 11) is 1.55. The maximum atomic E-state index is 12.8. The summed E-state index contributed by atoms with van der Waals surface area (Å²) in [6.07, 6.45) is -3.02. The highest BCUT2D eigenvalue weighted by Crippen LogP contribution is 2.29. The molecule has 0 spiro atoms. The third-order valence-corrected chi connectivity index (χ3v) is 3.84. The number of amides is 1. The van der Waals surface area contributed by atoms with E-state index in [9.17, 15) is 18.0 Å². The molecule has 8 heteroatoms. The quantitative estimate of drug-likeness (QED) is 0.771. The van der Waals surface area contributed by atoms with Crippen LogP contribution in [0.2, 0.25) is 0 Å². The number of halogens is 3. The number of alkyl halides is 3. The van der Waals surface area contributed by atoms with Gasteiger partial charge < -0.3 is 4.90 Å². The van der Waals surface area contributed by atoms with Crippen LogP contribution in [0.1, 0.15) is 21.5 Å². The van der Waals surface area contributed by atoms with E-state index >= 15 is 0 Å². The first-order chi connectivity index (χ1) is 12.3. The molecule has 1 N–H and O–H groups in total. The van der Waals surface area contributed by atoms with E-state index < -0.39 is 11.7 Å². The highest BCUT2D eigenvalue weighted by molar-refractivity contribution is 5.94. The molecule has 0 atom stereocenters. The number of rotatable bonds is 4. The van der Waals surface area contributed by atoms with Crippen molar-refractivity contribution >= 4 is 5.91 Å². The lowest BCUT2D eigenvalue weighted by Crippen LogP contribution is -2.26. The molecule has 2 aromatic carbocycles. The summed E-state index contributed by atoms with van der Waals surface area (Å²) in [5.41, 5.74) is 0.892. The fourth-order valence-corrected chi connectivity index (χ4v) is 2.53. The summed E-state index contributed by atoms with van der Waals surface area (Å²) >= 11 is 0. The molecule has 0 unspecified atom stereocenters. The van der Waals surface area contributed by atoms with Crippen molar-refractivity contribution in [1.29, 1.82) is 0 Å². The van der Waals surface area contributed by atoms with E-state index in [0.29, 0.717) is 17.0 Å². The lowest BCUT2D eigenvalue weighted by atomic mass is 10.1. The molecule has 0 radical (unpaired) electrons. The third-order valence-electron chi connectivity index (χ3n) is 3.84. The molecular formula is C18H15F3N4O. The number of H-pyrrole nitrogens is 1. The number of nitrogens with one attached hydrogen (secondary N) is 1. The summed E-state index contributed by atoms with van der Waals surface area (Å²) < 4.78 is 38.4. The van der Waals surface area contributed by atoms with E-state index in [1.165, 1.54) is 17.3 Å². The maximum Gasteiger partial charge on any atom is 0.416 e. The molecule has 1 amide bonds. The molecule has 0 saturated heterocycles. The lowest BCUT2D eigenvalue weighted by molar-refractivity contribution is -0.137. The van der Waals surface area contributed by atoms with E-state index in [4.69, 9.17) is 0 Å². The topological polar surface area (TPSA) is 61.9 Å². The van der Waals surface area contributed by atoms with Gasteiger partial charge in [0, 0.05) is 24.7 Å². The van der Waals surface area contributed by atoms with Crippen molar-refractivity contribution in [3.63, 3.8) is 0 Å². The van der Waals surface area contributed by atoms with Gasteiger partial charge in [-0.15, -0.1) is 0 Å². The van der Waals surface area contributed by atoms with Gasteiger partial charge in [-0.25, -0.2) is 4.98 Å². The average molecular weight is 360 g/mol. The van der Waals surface area contributed by atoms with Gasteiger partial charge in [-0.05, 0) is 29.8 Å². The number of hydrogen-bond donors (Lipinski definition) is 1. The normalized spacial score (nSPS) is 11.4. The predicted molar refractivity (Wildman–Crippen MR) is 89.1 cm³/mol. The summed E-state index contributed by atoms with van der Waals surface area (Å²) in [5.74, 6) is 0.299. The van der Waals surface area contributed by atoms with Crippen LogP contribution in [0, 0.1) is 0 Å². The molecule has 1 aromatic heterocycles. The van der Waals surface area contributed by atoms with Gasteiger partial charge in [0.15, 0.2) is 5.82 Å². The molecular weight excluding hydrogens is 345 g/mol. The number of carbonyl (C=O) groups is 1. The van der Waals surface area contributed by atoms with Gasteiger partial charge in [-0.2, -0.15) is 18.3 Å². The first kappa shape index (κ1) is 17.7. The number of hydrogen-bond acceptors (Lipinski definition) is 3. The zero-order valence-corrected chi connectivity index (χ0v) is 13.8. The third kappa shape index (κ3) is 3.90. The lowest BCUT2D eigenvalue weighted by Gasteiger charge is -2.18. The fourth-order valence-electron chi connectivity index (χ4n) is 2.53. The summed E-state index contributed by atoms with van der Waals surface area (Å²) in [6, 6.07) is 11.7. The van der Waals surface area contributed by atoms with Gasteiger partial charge >= 0.3 is 6.18 Å². The second-order valence-electron chi connectivity index (χ2n) is 5.77. The van der Waals surface area contributed by atoms with Gasteiger partial charge in [-0.3, -0.25) is 9.89 Å². The van der Waals surface area contributed by atoms with Crippen LogP contribution in [0.25, 0.3) is 11.4 Å². The predicted octanol–water partition coefficient (Wildman–Crippen LogP) is 3.76. The van der Waals surface area contributed by atoms with Crippen molar-refractivity contribution < 1.29 is 18.0 Å². The molecule has 0 aliphatic heterocycles. The minimum atomic E-state index is -4.41. The van der Waals surface area contributed by atoms with Gasteiger partial charge in [-0.1, -0.05) is 24.3 Å². The molecule has 1 heterocycles. The molecule has 0 saturated carbocycles. The second kappa shape index (κ2) is 6.99. The van der Waals surface area contributed by atoms with Crippen LogP contribution in [-0.4, -0.2) is 33.0 Å². The van der Waals surface area contributed by atoms with Crippen LogP contribution in [0.4, 0.5) is 13.2 Å². The van der Waals surface area contributed by atoms with Crippen LogP contribution < -0.4 is 0 Å². The van der Waals surface area contributed by atoms with E-state index in [-0.39, 0.29) is 12.5 Å². The minimum absolute atomic E-state index is 0.0760. The zero-order chi connectivity index (χ0) is 18.7. The Balaban J connectivity index is 1.72. The Hall–Kier alpha value is -3.16. The number of aromatic amines is 1.